The number of carbonyl (C=O) groups is 1. The predicted octanol–water partition coefficient (Wildman–Crippen LogP) is 2.61. The minimum absolute atomic E-state index is 0.0696. The fraction of sp³-hybridized carbons (Fsp3) is 0.474. The third kappa shape index (κ3) is 3.98. The summed E-state index contributed by atoms with van der Waals surface area (Å²) in [6, 6.07) is 9.24. The minimum Gasteiger partial charge on any atom is -0.374 e. The highest BCUT2D eigenvalue weighted by atomic mass is 32.2. The molecule has 0 aliphatic carbocycles. The summed E-state index contributed by atoms with van der Waals surface area (Å²) in [6.07, 6.45) is 2.20. The first-order valence-corrected chi connectivity index (χ1v) is 11.8. The Morgan fingerprint density at radius 1 is 1.36 bits per heavy atom. The molecule has 6 nitrogen and oxygen atoms in total. The molecule has 1 spiro atoms. The monoisotopic (exact) mass is 436 g/mol. The molecule has 1 aromatic rings. The Balaban J connectivity index is 1.59. The van der Waals surface area contributed by atoms with E-state index in [2.05, 4.69) is 15.5 Å². The van der Waals surface area contributed by atoms with Crippen molar-refractivity contribution in [3.05, 3.63) is 47.3 Å². The lowest BCUT2D eigenvalue weighted by Crippen LogP contribution is -2.56. The van der Waals surface area contributed by atoms with Crippen molar-refractivity contribution in [3.63, 3.8) is 0 Å². The highest BCUT2D eigenvalue weighted by molar-refractivity contribution is 8.19. The van der Waals surface area contributed by atoms with E-state index < -0.39 is 6.03 Å². The first-order chi connectivity index (χ1) is 13.6. The van der Waals surface area contributed by atoms with E-state index in [4.69, 9.17) is 22.7 Å². The molecule has 4 N–H and O–H groups in total. The summed E-state index contributed by atoms with van der Waals surface area (Å²) in [5.41, 5.74) is 8.52. The second-order valence-corrected chi connectivity index (χ2v) is 10.4. The van der Waals surface area contributed by atoms with Gasteiger partial charge >= 0.3 is 6.03 Å². The van der Waals surface area contributed by atoms with Crippen molar-refractivity contribution in [1.82, 2.24) is 15.5 Å². The van der Waals surface area contributed by atoms with Gasteiger partial charge in [-0.25, -0.2) is 4.79 Å². The number of urea groups is 1. The molecule has 0 unspecified atom stereocenters. The van der Waals surface area contributed by atoms with Crippen molar-refractivity contribution in [2.24, 2.45) is 5.73 Å². The summed E-state index contributed by atoms with van der Waals surface area (Å²) in [5, 5.41) is 6.93. The normalized spacial score (nSPS) is 23.5. The highest BCUT2D eigenvalue weighted by Gasteiger charge is 2.51. The van der Waals surface area contributed by atoms with Gasteiger partial charge in [0.25, 0.3) is 0 Å². The average molecular weight is 437 g/mol. The molecule has 3 heterocycles. The fourth-order valence-corrected chi connectivity index (χ4v) is 7.60. The van der Waals surface area contributed by atoms with Gasteiger partial charge in [0.2, 0.25) is 0 Å². The molecule has 2 saturated heterocycles. The maximum Gasteiger partial charge on any atom is 0.316 e. The summed E-state index contributed by atoms with van der Waals surface area (Å²) in [6.45, 7) is 1.75. The summed E-state index contributed by atoms with van der Waals surface area (Å²) in [4.78, 5) is 13.9. The van der Waals surface area contributed by atoms with Gasteiger partial charge in [-0.15, -0.1) is 23.5 Å². The molecule has 2 amide bonds. The molecule has 9 heteroatoms. The largest absolute Gasteiger partial charge is 0.374 e. The number of rotatable bonds is 5. The Hall–Kier alpha value is -1.42. The van der Waals surface area contributed by atoms with E-state index in [-0.39, 0.29) is 10.1 Å². The van der Waals surface area contributed by atoms with Crippen molar-refractivity contribution in [2.75, 3.05) is 24.7 Å². The Kier molecular flexibility index (Phi) is 6.05. The van der Waals surface area contributed by atoms with E-state index in [1.165, 1.54) is 6.42 Å². The molecule has 1 atom stereocenters. The SMILES string of the molecule is NC(=O)NC1=C2N(CCC23SCCCS3)C(=S)N[C@@H]1COCc1ccccc1. The van der Waals surface area contributed by atoms with Gasteiger partial charge < -0.3 is 26.0 Å². The number of fused-ring (bicyclic) bond motifs is 2. The molecular weight excluding hydrogens is 412 g/mol. The molecule has 150 valence electrons. The van der Waals surface area contributed by atoms with E-state index in [0.29, 0.717) is 18.3 Å². The van der Waals surface area contributed by atoms with Gasteiger partial charge in [0.1, 0.15) is 4.08 Å². The van der Waals surface area contributed by atoms with Crippen molar-refractivity contribution in [1.29, 1.82) is 0 Å². The number of benzene rings is 1. The van der Waals surface area contributed by atoms with E-state index in [1.54, 1.807) is 0 Å². The van der Waals surface area contributed by atoms with Crippen LogP contribution in [0.1, 0.15) is 18.4 Å². The average Bonchev–Trinajstić information content (AvgIpc) is 3.05. The van der Waals surface area contributed by atoms with Gasteiger partial charge in [-0.2, -0.15) is 0 Å². The number of thiocarbonyl (C=S) groups is 1. The molecular formula is C19H24N4O2S3. The first-order valence-electron chi connectivity index (χ1n) is 9.38. The van der Waals surface area contributed by atoms with Crippen molar-refractivity contribution < 1.29 is 9.53 Å². The molecule has 1 aromatic carbocycles. The molecule has 28 heavy (non-hydrogen) atoms. The van der Waals surface area contributed by atoms with Crippen LogP contribution >= 0.6 is 35.7 Å². The van der Waals surface area contributed by atoms with Crippen LogP contribution in [-0.4, -0.2) is 50.8 Å². The van der Waals surface area contributed by atoms with Crippen LogP contribution in [0, 0.1) is 0 Å². The zero-order valence-corrected chi connectivity index (χ0v) is 17.9. The van der Waals surface area contributed by atoms with Crippen LogP contribution in [0.4, 0.5) is 4.79 Å². The first kappa shape index (κ1) is 19.9. The summed E-state index contributed by atoms with van der Waals surface area (Å²) >= 11 is 9.56. The molecule has 0 saturated carbocycles. The number of carbonyl (C=O) groups excluding carboxylic acids is 1. The van der Waals surface area contributed by atoms with E-state index in [1.807, 2.05) is 53.9 Å². The molecule has 2 fully saturated rings. The van der Waals surface area contributed by atoms with Gasteiger partial charge in [-0.3, -0.25) is 0 Å². The van der Waals surface area contributed by atoms with Crippen molar-refractivity contribution >= 4 is 46.9 Å². The molecule has 3 aliphatic heterocycles. The Bertz CT molecular complexity index is 781. The number of hydrogen-bond acceptors (Lipinski definition) is 5. The molecule has 0 aromatic heterocycles. The number of hydrogen-bond donors (Lipinski definition) is 3. The number of nitrogens with one attached hydrogen (secondary N) is 2. The van der Waals surface area contributed by atoms with Crippen LogP contribution in [0.25, 0.3) is 0 Å². The Morgan fingerprint density at radius 2 is 2.11 bits per heavy atom. The number of primary amides is 1. The lowest BCUT2D eigenvalue weighted by molar-refractivity contribution is 0.107. The van der Waals surface area contributed by atoms with Crippen LogP contribution in [0.2, 0.25) is 0 Å². The Morgan fingerprint density at radius 3 is 2.82 bits per heavy atom. The highest BCUT2D eigenvalue weighted by Crippen LogP contribution is 2.55. The second-order valence-electron chi connectivity index (χ2n) is 6.96. The molecule has 0 bridgehead atoms. The molecule has 3 aliphatic rings. The van der Waals surface area contributed by atoms with Gasteiger partial charge in [-0.1, -0.05) is 30.3 Å². The second kappa shape index (κ2) is 8.52. The third-order valence-electron chi connectivity index (χ3n) is 5.05. The smallest absolute Gasteiger partial charge is 0.316 e. The zero-order valence-electron chi connectivity index (χ0n) is 15.5. The predicted molar refractivity (Wildman–Crippen MR) is 119 cm³/mol. The lowest BCUT2D eigenvalue weighted by atomic mass is 10.1. The number of thioether (sulfide) groups is 2. The van der Waals surface area contributed by atoms with Crippen LogP contribution in [0.3, 0.4) is 0 Å². The van der Waals surface area contributed by atoms with E-state index in [0.717, 1.165) is 41.4 Å². The van der Waals surface area contributed by atoms with Gasteiger partial charge in [0.05, 0.1) is 30.6 Å². The summed E-state index contributed by atoms with van der Waals surface area (Å²) in [5.74, 6) is 2.23. The minimum atomic E-state index is -0.557. The standard InChI is InChI=1S/C19H24N4O2S3/c20-17(24)22-15-14(12-25-11-13-5-2-1-3-6-13)21-18(26)23-8-7-19(16(15)23)27-9-4-10-28-19/h1-3,5-6,14H,4,7-12H2,(H,21,26)(H3,20,22,24)/t14-/m1/s1. The Labute approximate surface area is 179 Å². The van der Waals surface area contributed by atoms with Crippen molar-refractivity contribution in [3.8, 4) is 0 Å². The number of ether oxygens (including phenoxy) is 1. The summed E-state index contributed by atoms with van der Waals surface area (Å²) < 4.78 is 5.89. The van der Waals surface area contributed by atoms with Crippen LogP contribution in [-0.2, 0) is 11.3 Å². The number of amides is 2. The molecule has 4 rings (SSSR count). The number of nitrogens with zero attached hydrogens (tertiary/aromatic N) is 1. The van der Waals surface area contributed by atoms with Gasteiger partial charge in [0, 0.05) is 6.54 Å². The van der Waals surface area contributed by atoms with Gasteiger partial charge in [-0.05, 0) is 42.1 Å². The zero-order chi connectivity index (χ0) is 19.6. The fourth-order valence-electron chi connectivity index (χ4n) is 3.84. The topological polar surface area (TPSA) is 79.6 Å². The van der Waals surface area contributed by atoms with E-state index in [9.17, 15) is 4.79 Å². The lowest BCUT2D eigenvalue weighted by Gasteiger charge is -2.41. The maximum absolute atomic E-state index is 11.8. The van der Waals surface area contributed by atoms with E-state index >= 15 is 0 Å². The molecule has 0 radical (unpaired) electrons. The third-order valence-corrected chi connectivity index (χ3v) is 8.81. The van der Waals surface area contributed by atoms with Crippen LogP contribution in [0.5, 0.6) is 0 Å². The van der Waals surface area contributed by atoms with Crippen LogP contribution < -0.4 is 16.4 Å². The van der Waals surface area contributed by atoms with Crippen molar-refractivity contribution in [2.45, 2.75) is 29.6 Å². The number of nitrogens with two attached hydrogens (primary N) is 1. The maximum atomic E-state index is 11.8. The van der Waals surface area contributed by atoms with Gasteiger partial charge in [0.15, 0.2) is 5.11 Å². The summed E-state index contributed by atoms with van der Waals surface area (Å²) in [7, 11) is 0. The quantitative estimate of drug-likeness (QED) is 0.612. The van der Waals surface area contributed by atoms with Crippen LogP contribution in [0.15, 0.2) is 41.7 Å².